The normalized spacial score (nSPS) is 11.4. The lowest BCUT2D eigenvalue weighted by Gasteiger charge is -2.06. The van der Waals surface area contributed by atoms with Crippen molar-refractivity contribution in [3.05, 3.63) is 53.5 Å². The highest BCUT2D eigenvalue weighted by atomic mass is 32.2. The highest BCUT2D eigenvalue weighted by Crippen LogP contribution is 2.30. The second-order valence-electron chi connectivity index (χ2n) is 4.01. The number of aromatic nitrogens is 2. The summed E-state index contributed by atoms with van der Waals surface area (Å²) in [5, 5.41) is 9.17. The van der Waals surface area contributed by atoms with E-state index in [1.54, 1.807) is 6.07 Å². The fourth-order valence-corrected chi connectivity index (χ4v) is 2.18. The fraction of sp³-hybridized carbons (Fsp3) is 0.154. The number of hydrogen-bond acceptors (Lipinski definition) is 4. The van der Waals surface area contributed by atoms with Crippen molar-refractivity contribution in [1.82, 2.24) is 9.97 Å². The van der Waals surface area contributed by atoms with Crippen LogP contribution in [0.3, 0.4) is 0 Å². The molecule has 1 N–H and O–H groups in total. The molecule has 2 heterocycles. The largest absolute Gasteiger partial charge is 0.478 e. The molecule has 0 radical (unpaired) electrons. The predicted octanol–water partition coefficient (Wildman–Crippen LogP) is 3.49. The molecule has 2 rings (SSSR count). The number of rotatable bonds is 4. The van der Waals surface area contributed by atoms with E-state index in [2.05, 4.69) is 9.97 Å². The van der Waals surface area contributed by atoms with E-state index in [0.717, 1.165) is 12.3 Å². The molecule has 0 unspecified atom stereocenters. The number of carboxylic acid groups (broad SMARTS) is 1. The van der Waals surface area contributed by atoms with Crippen LogP contribution in [0.2, 0.25) is 0 Å². The second kappa shape index (κ2) is 6.13. The third-order valence-corrected chi connectivity index (χ3v) is 3.48. The molecule has 0 fully saturated rings. The molecule has 0 saturated carbocycles. The summed E-state index contributed by atoms with van der Waals surface area (Å²) in [5.74, 6) is -0.677. The number of hydrogen-bond donors (Lipinski definition) is 1. The minimum absolute atomic E-state index is 0.0800. The first-order valence-electron chi connectivity index (χ1n) is 5.70. The Morgan fingerprint density at radius 1 is 1.14 bits per heavy atom. The van der Waals surface area contributed by atoms with Crippen LogP contribution >= 0.6 is 11.8 Å². The number of carbonyl (C=O) groups is 1. The molecule has 110 valence electrons. The lowest BCUT2D eigenvalue weighted by atomic mass is 10.2. The molecule has 21 heavy (non-hydrogen) atoms. The topological polar surface area (TPSA) is 63.1 Å². The van der Waals surface area contributed by atoms with Gasteiger partial charge in [0.25, 0.3) is 0 Å². The van der Waals surface area contributed by atoms with E-state index >= 15 is 0 Å². The van der Waals surface area contributed by atoms with Crippen molar-refractivity contribution in [2.24, 2.45) is 0 Å². The van der Waals surface area contributed by atoms with Crippen LogP contribution in [0.5, 0.6) is 0 Å². The SMILES string of the molecule is O=C(O)c1ccc(CSc2ccc(C(F)(F)F)cn2)nc1. The zero-order valence-electron chi connectivity index (χ0n) is 10.5. The number of aromatic carboxylic acids is 1. The highest BCUT2D eigenvalue weighted by Gasteiger charge is 2.30. The first-order valence-corrected chi connectivity index (χ1v) is 6.69. The van der Waals surface area contributed by atoms with E-state index in [1.165, 1.54) is 30.1 Å². The van der Waals surface area contributed by atoms with E-state index in [0.29, 0.717) is 16.5 Å². The molecule has 4 nitrogen and oxygen atoms in total. The third-order valence-electron chi connectivity index (χ3n) is 2.50. The molecule has 8 heteroatoms. The first kappa shape index (κ1) is 15.3. The summed E-state index contributed by atoms with van der Waals surface area (Å²) in [6, 6.07) is 5.24. The van der Waals surface area contributed by atoms with Crippen molar-refractivity contribution in [2.45, 2.75) is 17.0 Å². The van der Waals surface area contributed by atoms with E-state index in [4.69, 9.17) is 5.11 Å². The standard InChI is InChI=1S/C13H9F3N2O2S/c14-13(15,16)9-2-4-11(18-6-9)21-7-10-3-1-8(5-17-10)12(19)20/h1-6H,7H2,(H,19,20). The van der Waals surface area contributed by atoms with Crippen molar-refractivity contribution in [1.29, 1.82) is 0 Å². The lowest BCUT2D eigenvalue weighted by Crippen LogP contribution is -2.05. The summed E-state index contributed by atoms with van der Waals surface area (Å²) in [6.45, 7) is 0. The van der Waals surface area contributed by atoms with Crippen molar-refractivity contribution in [3.8, 4) is 0 Å². The van der Waals surface area contributed by atoms with Crippen LogP contribution in [-0.4, -0.2) is 21.0 Å². The van der Waals surface area contributed by atoms with Crippen LogP contribution in [0, 0.1) is 0 Å². The average Bonchev–Trinajstić information content (AvgIpc) is 2.45. The van der Waals surface area contributed by atoms with Crippen LogP contribution in [0.4, 0.5) is 13.2 Å². The zero-order chi connectivity index (χ0) is 15.5. The van der Waals surface area contributed by atoms with Gasteiger partial charge < -0.3 is 5.11 Å². The molecule has 0 bridgehead atoms. The zero-order valence-corrected chi connectivity index (χ0v) is 11.3. The molecular weight excluding hydrogens is 305 g/mol. The van der Waals surface area contributed by atoms with Crippen LogP contribution < -0.4 is 0 Å². The average molecular weight is 314 g/mol. The Labute approximate surface area is 122 Å². The Kier molecular flexibility index (Phi) is 4.46. The van der Waals surface area contributed by atoms with Crippen molar-refractivity contribution < 1.29 is 23.1 Å². The Balaban J connectivity index is 1.98. The van der Waals surface area contributed by atoms with Gasteiger partial charge in [0, 0.05) is 18.1 Å². The highest BCUT2D eigenvalue weighted by molar-refractivity contribution is 7.98. The van der Waals surface area contributed by atoms with E-state index in [-0.39, 0.29) is 5.56 Å². The lowest BCUT2D eigenvalue weighted by molar-refractivity contribution is -0.137. The van der Waals surface area contributed by atoms with Gasteiger partial charge in [-0.2, -0.15) is 13.2 Å². The maximum atomic E-state index is 12.4. The fourth-order valence-electron chi connectivity index (χ4n) is 1.42. The number of pyridine rings is 2. The molecule has 0 aliphatic heterocycles. The monoisotopic (exact) mass is 314 g/mol. The van der Waals surface area contributed by atoms with Crippen molar-refractivity contribution >= 4 is 17.7 Å². The molecule has 0 aromatic carbocycles. The second-order valence-corrected chi connectivity index (χ2v) is 5.01. The molecule has 0 saturated heterocycles. The number of thioether (sulfide) groups is 1. The van der Waals surface area contributed by atoms with Gasteiger partial charge in [-0.05, 0) is 24.3 Å². The number of carboxylic acids is 1. The Hall–Kier alpha value is -2.09. The Bertz CT molecular complexity index is 627. The van der Waals surface area contributed by atoms with Crippen LogP contribution in [-0.2, 0) is 11.9 Å². The predicted molar refractivity (Wildman–Crippen MR) is 70.0 cm³/mol. The Morgan fingerprint density at radius 2 is 1.90 bits per heavy atom. The minimum Gasteiger partial charge on any atom is -0.478 e. The number of alkyl halides is 3. The van der Waals surface area contributed by atoms with Crippen LogP contribution in [0.1, 0.15) is 21.6 Å². The quantitative estimate of drug-likeness (QED) is 0.875. The molecule has 2 aromatic heterocycles. The van der Waals surface area contributed by atoms with Gasteiger partial charge in [-0.3, -0.25) is 4.98 Å². The number of nitrogens with zero attached hydrogens (tertiary/aromatic N) is 2. The first-order chi connectivity index (χ1) is 9.86. The molecule has 0 aliphatic rings. The third kappa shape index (κ3) is 4.19. The van der Waals surface area contributed by atoms with Gasteiger partial charge in [-0.15, -0.1) is 11.8 Å². The van der Waals surface area contributed by atoms with E-state index in [1.807, 2.05) is 0 Å². The smallest absolute Gasteiger partial charge is 0.417 e. The molecule has 2 aromatic rings. The van der Waals surface area contributed by atoms with E-state index < -0.39 is 17.7 Å². The van der Waals surface area contributed by atoms with Crippen LogP contribution in [0.25, 0.3) is 0 Å². The molecule has 0 atom stereocenters. The summed E-state index contributed by atoms with van der Waals surface area (Å²) < 4.78 is 37.1. The van der Waals surface area contributed by atoms with Gasteiger partial charge in [0.2, 0.25) is 0 Å². The summed E-state index contributed by atoms with van der Waals surface area (Å²) in [6.07, 6.45) is -2.38. The summed E-state index contributed by atoms with van der Waals surface area (Å²) in [7, 11) is 0. The Morgan fingerprint density at radius 3 is 2.38 bits per heavy atom. The van der Waals surface area contributed by atoms with Crippen LogP contribution in [0.15, 0.2) is 41.7 Å². The van der Waals surface area contributed by atoms with E-state index in [9.17, 15) is 18.0 Å². The molecule has 0 amide bonds. The van der Waals surface area contributed by atoms with Gasteiger partial charge in [0.15, 0.2) is 0 Å². The molecule has 0 spiro atoms. The van der Waals surface area contributed by atoms with Gasteiger partial charge >= 0.3 is 12.1 Å². The van der Waals surface area contributed by atoms with Gasteiger partial charge in [-0.1, -0.05) is 0 Å². The van der Waals surface area contributed by atoms with Gasteiger partial charge in [0.05, 0.1) is 21.8 Å². The number of halogens is 3. The molecule has 0 aliphatic carbocycles. The summed E-state index contributed by atoms with van der Waals surface area (Å²) in [5.41, 5.74) is -0.0983. The van der Waals surface area contributed by atoms with Gasteiger partial charge in [0.1, 0.15) is 0 Å². The maximum absolute atomic E-state index is 12.4. The van der Waals surface area contributed by atoms with Crippen molar-refractivity contribution in [2.75, 3.05) is 0 Å². The van der Waals surface area contributed by atoms with Crippen molar-refractivity contribution in [3.63, 3.8) is 0 Å². The minimum atomic E-state index is -4.40. The van der Waals surface area contributed by atoms with Gasteiger partial charge in [-0.25, -0.2) is 9.78 Å². The maximum Gasteiger partial charge on any atom is 0.417 e. The summed E-state index contributed by atoms with van der Waals surface area (Å²) in [4.78, 5) is 18.3. The molecular formula is C13H9F3N2O2S. The summed E-state index contributed by atoms with van der Waals surface area (Å²) >= 11 is 1.22.